The SMILES string of the molecule is O=C(Nc1ccc(F)cc1)c1oc2ccccc2c1CSc1ncn[nH]1. The number of para-hydroxylation sites is 1. The highest BCUT2D eigenvalue weighted by Gasteiger charge is 2.21. The van der Waals surface area contributed by atoms with Crippen molar-refractivity contribution < 1.29 is 13.6 Å². The van der Waals surface area contributed by atoms with Crippen LogP contribution in [0.3, 0.4) is 0 Å². The van der Waals surface area contributed by atoms with Crippen LogP contribution in [0.4, 0.5) is 10.1 Å². The van der Waals surface area contributed by atoms with Crippen molar-refractivity contribution in [2.75, 3.05) is 5.32 Å². The predicted molar refractivity (Wildman–Crippen MR) is 96.5 cm³/mol. The van der Waals surface area contributed by atoms with Gasteiger partial charge in [-0.15, -0.1) is 0 Å². The van der Waals surface area contributed by atoms with Crippen LogP contribution >= 0.6 is 11.8 Å². The molecule has 0 radical (unpaired) electrons. The van der Waals surface area contributed by atoms with Crippen molar-refractivity contribution >= 4 is 34.3 Å². The molecule has 0 aliphatic heterocycles. The summed E-state index contributed by atoms with van der Waals surface area (Å²) in [5, 5.41) is 10.8. The normalized spacial score (nSPS) is 11.0. The number of thioether (sulfide) groups is 1. The second-order valence-corrected chi connectivity index (χ2v) is 6.41. The summed E-state index contributed by atoms with van der Waals surface area (Å²) in [6, 6.07) is 13.0. The van der Waals surface area contributed by atoms with Crippen LogP contribution < -0.4 is 5.32 Å². The quantitative estimate of drug-likeness (QED) is 0.515. The van der Waals surface area contributed by atoms with Crippen LogP contribution in [0.2, 0.25) is 0 Å². The Morgan fingerprint density at radius 1 is 1.19 bits per heavy atom. The molecule has 4 aromatic rings. The van der Waals surface area contributed by atoms with E-state index in [1.54, 1.807) is 0 Å². The van der Waals surface area contributed by atoms with Gasteiger partial charge in [0.2, 0.25) is 0 Å². The summed E-state index contributed by atoms with van der Waals surface area (Å²) in [5.41, 5.74) is 1.89. The summed E-state index contributed by atoms with van der Waals surface area (Å²) < 4.78 is 18.8. The molecule has 0 saturated carbocycles. The highest BCUT2D eigenvalue weighted by atomic mass is 32.2. The lowest BCUT2D eigenvalue weighted by Crippen LogP contribution is -2.12. The van der Waals surface area contributed by atoms with Gasteiger partial charge in [-0.1, -0.05) is 30.0 Å². The van der Waals surface area contributed by atoms with Gasteiger partial charge in [0, 0.05) is 22.4 Å². The minimum atomic E-state index is -0.388. The molecular formula is C18H13FN4O2S. The van der Waals surface area contributed by atoms with Crippen LogP contribution in [0, 0.1) is 5.82 Å². The highest BCUT2D eigenvalue weighted by Crippen LogP contribution is 2.31. The molecule has 0 spiro atoms. The van der Waals surface area contributed by atoms with Gasteiger partial charge in [0.15, 0.2) is 10.9 Å². The Labute approximate surface area is 151 Å². The Morgan fingerprint density at radius 3 is 2.77 bits per heavy atom. The molecule has 0 unspecified atom stereocenters. The molecule has 0 atom stereocenters. The largest absolute Gasteiger partial charge is 0.451 e. The van der Waals surface area contributed by atoms with Gasteiger partial charge in [-0.05, 0) is 30.3 Å². The van der Waals surface area contributed by atoms with Crippen LogP contribution in [-0.2, 0) is 5.75 Å². The van der Waals surface area contributed by atoms with Crippen LogP contribution in [0.1, 0.15) is 16.1 Å². The first-order chi connectivity index (χ1) is 12.7. The number of amides is 1. The van der Waals surface area contributed by atoms with E-state index in [0.717, 1.165) is 10.9 Å². The van der Waals surface area contributed by atoms with E-state index in [2.05, 4.69) is 20.5 Å². The second-order valence-electron chi connectivity index (χ2n) is 5.45. The number of rotatable bonds is 5. The van der Waals surface area contributed by atoms with Crippen molar-refractivity contribution in [2.45, 2.75) is 10.9 Å². The van der Waals surface area contributed by atoms with Crippen molar-refractivity contribution in [3.63, 3.8) is 0 Å². The number of H-pyrrole nitrogens is 1. The first kappa shape index (κ1) is 16.3. The minimum Gasteiger partial charge on any atom is -0.451 e. The monoisotopic (exact) mass is 368 g/mol. The van der Waals surface area contributed by atoms with Crippen molar-refractivity contribution in [3.05, 3.63) is 72.0 Å². The zero-order valence-electron chi connectivity index (χ0n) is 13.4. The molecular weight excluding hydrogens is 355 g/mol. The lowest BCUT2D eigenvalue weighted by Gasteiger charge is -2.05. The number of carbonyl (C=O) groups excluding carboxylic acids is 1. The summed E-state index contributed by atoms with van der Waals surface area (Å²) >= 11 is 1.42. The number of nitrogens with zero attached hydrogens (tertiary/aromatic N) is 2. The maximum atomic E-state index is 13.0. The number of anilines is 1. The van der Waals surface area contributed by atoms with E-state index in [0.29, 0.717) is 22.2 Å². The molecule has 1 amide bonds. The molecule has 4 rings (SSSR count). The standard InChI is InChI=1S/C18H13FN4O2S/c19-11-5-7-12(8-6-11)22-17(24)16-14(9-26-18-20-10-21-23-18)13-3-1-2-4-15(13)25-16/h1-8,10H,9H2,(H,22,24)(H,20,21,23). The number of carbonyl (C=O) groups is 1. The molecule has 0 saturated heterocycles. The molecule has 0 aliphatic carbocycles. The number of furan rings is 1. The highest BCUT2D eigenvalue weighted by molar-refractivity contribution is 7.98. The molecule has 2 aromatic heterocycles. The van der Waals surface area contributed by atoms with Gasteiger partial charge < -0.3 is 9.73 Å². The average molecular weight is 368 g/mol. The van der Waals surface area contributed by atoms with Gasteiger partial charge in [0.1, 0.15) is 17.7 Å². The molecule has 130 valence electrons. The third kappa shape index (κ3) is 3.31. The zero-order chi connectivity index (χ0) is 17.9. The Morgan fingerprint density at radius 2 is 2.00 bits per heavy atom. The van der Waals surface area contributed by atoms with Gasteiger partial charge in [0.25, 0.3) is 5.91 Å². The van der Waals surface area contributed by atoms with E-state index in [9.17, 15) is 9.18 Å². The molecule has 2 heterocycles. The third-order valence-electron chi connectivity index (χ3n) is 3.75. The second kappa shape index (κ2) is 7.01. The fraction of sp³-hybridized carbons (Fsp3) is 0.0556. The van der Waals surface area contributed by atoms with Crippen LogP contribution in [0.25, 0.3) is 11.0 Å². The first-order valence-electron chi connectivity index (χ1n) is 7.76. The van der Waals surface area contributed by atoms with E-state index < -0.39 is 0 Å². The van der Waals surface area contributed by atoms with E-state index in [4.69, 9.17) is 4.42 Å². The summed E-state index contributed by atoms with van der Waals surface area (Å²) in [7, 11) is 0. The summed E-state index contributed by atoms with van der Waals surface area (Å²) in [5.74, 6) is -0.0438. The lowest BCUT2D eigenvalue weighted by atomic mass is 10.1. The average Bonchev–Trinajstić information content (AvgIpc) is 3.29. The number of aromatic amines is 1. The van der Waals surface area contributed by atoms with Gasteiger partial charge in [-0.2, -0.15) is 5.10 Å². The fourth-order valence-corrected chi connectivity index (χ4v) is 3.36. The van der Waals surface area contributed by atoms with Crippen molar-refractivity contribution in [1.29, 1.82) is 0 Å². The first-order valence-corrected chi connectivity index (χ1v) is 8.75. The minimum absolute atomic E-state index is 0.225. The lowest BCUT2D eigenvalue weighted by molar-refractivity contribution is 0.0998. The van der Waals surface area contributed by atoms with Crippen LogP contribution in [-0.4, -0.2) is 21.1 Å². The Kier molecular flexibility index (Phi) is 4.40. The van der Waals surface area contributed by atoms with Crippen LogP contribution in [0.5, 0.6) is 0 Å². The smallest absolute Gasteiger partial charge is 0.291 e. The molecule has 0 aliphatic rings. The summed E-state index contributed by atoms with van der Waals surface area (Å²) in [4.78, 5) is 16.8. The molecule has 2 N–H and O–H groups in total. The Hall–Kier alpha value is -3.13. The number of halogens is 1. The van der Waals surface area contributed by atoms with E-state index in [1.165, 1.54) is 42.4 Å². The predicted octanol–water partition coefficient (Wildman–Crippen LogP) is 4.23. The van der Waals surface area contributed by atoms with E-state index in [-0.39, 0.29) is 17.5 Å². The van der Waals surface area contributed by atoms with Gasteiger partial charge in [-0.25, -0.2) is 9.37 Å². The third-order valence-corrected chi connectivity index (χ3v) is 4.66. The Balaban J connectivity index is 1.65. The van der Waals surface area contributed by atoms with Crippen molar-refractivity contribution in [1.82, 2.24) is 15.2 Å². The number of benzene rings is 2. The molecule has 6 nitrogen and oxygen atoms in total. The molecule has 0 fully saturated rings. The van der Waals surface area contributed by atoms with Crippen molar-refractivity contribution in [3.8, 4) is 0 Å². The zero-order valence-corrected chi connectivity index (χ0v) is 14.2. The Bertz CT molecular complexity index is 1040. The van der Waals surface area contributed by atoms with E-state index >= 15 is 0 Å². The molecule has 26 heavy (non-hydrogen) atoms. The summed E-state index contributed by atoms with van der Waals surface area (Å²) in [6.45, 7) is 0. The number of hydrogen-bond acceptors (Lipinski definition) is 5. The molecule has 8 heteroatoms. The fourth-order valence-electron chi connectivity index (χ4n) is 2.55. The number of fused-ring (bicyclic) bond motifs is 1. The topological polar surface area (TPSA) is 83.8 Å². The van der Waals surface area contributed by atoms with Crippen molar-refractivity contribution in [2.24, 2.45) is 0 Å². The summed E-state index contributed by atoms with van der Waals surface area (Å²) in [6.07, 6.45) is 1.43. The van der Waals surface area contributed by atoms with Gasteiger partial charge in [-0.3, -0.25) is 9.89 Å². The number of nitrogens with one attached hydrogen (secondary N) is 2. The molecule has 0 bridgehead atoms. The number of aromatic nitrogens is 3. The number of hydrogen-bond donors (Lipinski definition) is 2. The van der Waals surface area contributed by atoms with Gasteiger partial charge >= 0.3 is 0 Å². The van der Waals surface area contributed by atoms with Gasteiger partial charge in [0.05, 0.1) is 0 Å². The maximum absolute atomic E-state index is 13.0. The molecule has 2 aromatic carbocycles. The van der Waals surface area contributed by atoms with E-state index in [1.807, 2.05) is 24.3 Å². The maximum Gasteiger partial charge on any atom is 0.291 e. The van der Waals surface area contributed by atoms with Crippen LogP contribution in [0.15, 0.2) is 64.4 Å².